The van der Waals surface area contributed by atoms with Gasteiger partial charge >= 0.3 is 0 Å². The fourth-order valence-electron chi connectivity index (χ4n) is 1.46. The Balaban J connectivity index is 2.32. The zero-order chi connectivity index (χ0) is 7.56. The lowest BCUT2D eigenvalue weighted by Crippen LogP contribution is -2.38. The van der Waals surface area contributed by atoms with Gasteiger partial charge in [0, 0.05) is 11.8 Å². The van der Waals surface area contributed by atoms with Gasteiger partial charge in [0.05, 0.1) is 0 Å². The highest BCUT2D eigenvalue weighted by Gasteiger charge is 2.20. The predicted octanol–water partition coefficient (Wildman–Crippen LogP) is 1.55. The molecular formula is C8H17NS. The first-order valence-corrected chi connectivity index (χ1v) is 4.60. The SMILES string of the molecule is CC(C)C1CNCC(S)C1. The quantitative estimate of drug-likeness (QED) is 0.553. The van der Waals surface area contributed by atoms with Crippen molar-refractivity contribution in [2.24, 2.45) is 11.8 Å². The second-order valence-electron chi connectivity index (χ2n) is 3.55. The van der Waals surface area contributed by atoms with Crippen LogP contribution in [0.2, 0.25) is 0 Å². The first-order valence-electron chi connectivity index (χ1n) is 4.09. The number of piperidine rings is 1. The van der Waals surface area contributed by atoms with E-state index in [4.69, 9.17) is 0 Å². The highest BCUT2D eigenvalue weighted by Crippen LogP contribution is 2.21. The average molecular weight is 159 g/mol. The van der Waals surface area contributed by atoms with E-state index >= 15 is 0 Å². The number of nitrogens with one attached hydrogen (secondary N) is 1. The van der Waals surface area contributed by atoms with Gasteiger partial charge in [0.25, 0.3) is 0 Å². The fourth-order valence-corrected chi connectivity index (χ4v) is 1.86. The van der Waals surface area contributed by atoms with Gasteiger partial charge in [-0.3, -0.25) is 0 Å². The summed E-state index contributed by atoms with van der Waals surface area (Å²) >= 11 is 4.45. The van der Waals surface area contributed by atoms with E-state index in [1.807, 2.05) is 0 Å². The topological polar surface area (TPSA) is 12.0 Å². The number of hydrogen-bond donors (Lipinski definition) is 2. The van der Waals surface area contributed by atoms with E-state index < -0.39 is 0 Å². The maximum absolute atomic E-state index is 4.45. The molecule has 1 N–H and O–H groups in total. The molecule has 1 aliphatic heterocycles. The molecule has 1 rings (SSSR count). The van der Waals surface area contributed by atoms with Crippen LogP contribution in [0, 0.1) is 11.8 Å². The van der Waals surface area contributed by atoms with Crippen LogP contribution in [-0.4, -0.2) is 18.3 Å². The molecule has 0 aromatic rings. The highest BCUT2D eigenvalue weighted by molar-refractivity contribution is 7.81. The Labute approximate surface area is 69.0 Å². The van der Waals surface area contributed by atoms with Gasteiger partial charge in [-0.15, -0.1) is 0 Å². The maximum atomic E-state index is 4.45. The molecule has 1 fully saturated rings. The summed E-state index contributed by atoms with van der Waals surface area (Å²) in [5.41, 5.74) is 0. The van der Waals surface area contributed by atoms with Crippen LogP contribution in [0.1, 0.15) is 20.3 Å². The van der Waals surface area contributed by atoms with E-state index in [9.17, 15) is 0 Å². The van der Waals surface area contributed by atoms with E-state index in [0.717, 1.165) is 18.4 Å². The van der Waals surface area contributed by atoms with E-state index in [1.54, 1.807) is 0 Å². The van der Waals surface area contributed by atoms with Crippen LogP contribution in [0.3, 0.4) is 0 Å². The van der Waals surface area contributed by atoms with Gasteiger partial charge in [0.15, 0.2) is 0 Å². The van der Waals surface area contributed by atoms with Crippen LogP contribution in [0.15, 0.2) is 0 Å². The molecule has 0 amide bonds. The lowest BCUT2D eigenvalue weighted by atomic mass is 9.89. The van der Waals surface area contributed by atoms with Crippen LogP contribution in [0.25, 0.3) is 0 Å². The zero-order valence-corrected chi connectivity index (χ0v) is 7.70. The third kappa shape index (κ3) is 2.17. The number of hydrogen-bond acceptors (Lipinski definition) is 2. The summed E-state index contributed by atoms with van der Waals surface area (Å²) in [5.74, 6) is 1.65. The van der Waals surface area contributed by atoms with Gasteiger partial charge in [0.2, 0.25) is 0 Å². The van der Waals surface area contributed by atoms with Crippen molar-refractivity contribution >= 4 is 12.6 Å². The highest BCUT2D eigenvalue weighted by atomic mass is 32.1. The minimum absolute atomic E-state index is 0.584. The normalized spacial score (nSPS) is 34.8. The molecule has 60 valence electrons. The molecule has 1 heterocycles. The summed E-state index contributed by atoms with van der Waals surface area (Å²) in [6.07, 6.45) is 1.29. The monoisotopic (exact) mass is 159 g/mol. The molecule has 0 aliphatic carbocycles. The molecule has 0 radical (unpaired) electrons. The molecule has 2 atom stereocenters. The molecule has 0 aromatic heterocycles. The molecule has 10 heavy (non-hydrogen) atoms. The Bertz CT molecular complexity index is 103. The van der Waals surface area contributed by atoms with Crippen molar-refractivity contribution in [3.63, 3.8) is 0 Å². The van der Waals surface area contributed by atoms with Crippen molar-refractivity contribution in [3.05, 3.63) is 0 Å². The summed E-state index contributed by atoms with van der Waals surface area (Å²) in [7, 11) is 0. The van der Waals surface area contributed by atoms with Crippen molar-refractivity contribution in [3.8, 4) is 0 Å². The largest absolute Gasteiger partial charge is 0.315 e. The Morgan fingerprint density at radius 2 is 2.10 bits per heavy atom. The van der Waals surface area contributed by atoms with Crippen molar-refractivity contribution in [1.82, 2.24) is 5.32 Å². The molecule has 1 nitrogen and oxygen atoms in total. The second-order valence-corrected chi connectivity index (χ2v) is 4.28. The van der Waals surface area contributed by atoms with Gasteiger partial charge in [-0.1, -0.05) is 13.8 Å². The molecule has 0 bridgehead atoms. The summed E-state index contributed by atoms with van der Waals surface area (Å²) in [6, 6.07) is 0. The first kappa shape index (κ1) is 8.41. The van der Waals surface area contributed by atoms with Crippen molar-refractivity contribution in [2.45, 2.75) is 25.5 Å². The van der Waals surface area contributed by atoms with Crippen LogP contribution in [0.5, 0.6) is 0 Å². The van der Waals surface area contributed by atoms with E-state index in [-0.39, 0.29) is 0 Å². The maximum Gasteiger partial charge on any atom is 0.0145 e. The third-order valence-electron chi connectivity index (χ3n) is 2.30. The minimum Gasteiger partial charge on any atom is -0.315 e. The van der Waals surface area contributed by atoms with Crippen LogP contribution in [-0.2, 0) is 0 Å². The van der Waals surface area contributed by atoms with E-state index in [2.05, 4.69) is 31.8 Å². The van der Waals surface area contributed by atoms with Crippen molar-refractivity contribution in [1.29, 1.82) is 0 Å². The predicted molar refractivity (Wildman–Crippen MR) is 48.6 cm³/mol. The van der Waals surface area contributed by atoms with Crippen LogP contribution in [0.4, 0.5) is 0 Å². The molecule has 2 unspecified atom stereocenters. The number of rotatable bonds is 1. The van der Waals surface area contributed by atoms with E-state index in [1.165, 1.54) is 13.0 Å². The van der Waals surface area contributed by atoms with Gasteiger partial charge in [-0.05, 0) is 24.8 Å². The first-order chi connectivity index (χ1) is 4.70. The Morgan fingerprint density at radius 3 is 2.50 bits per heavy atom. The van der Waals surface area contributed by atoms with Gasteiger partial charge < -0.3 is 5.32 Å². The minimum atomic E-state index is 0.584. The molecule has 0 spiro atoms. The lowest BCUT2D eigenvalue weighted by molar-refractivity contribution is 0.303. The van der Waals surface area contributed by atoms with Crippen molar-refractivity contribution < 1.29 is 0 Å². The van der Waals surface area contributed by atoms with Gasteiger partial charge in [-0.2, -0.15) is 12.6 Å². The van der Waals surface area contributed by atoms with Crippen molar-refractivity contribution in [2.75, 3.05) is 13.1 Å². The summed E-state index contributed by atoms with van der Waals surface area (Å²) < 4.78 is 0. The van der Waals surface area contributed by atoms with E-state index in [0.29, 0.717) is 5.25 Å². The molecular weight excluding hydrogens is 142 g/mol. The molecule has 0 saturated carbocycles. The average Bonchev–Trinajstić information content (AvgIpc) is 1.88. The molecule has 1 saturated heterocycles. The Hall–Kier alpha value is 0.310. The molecule has 0 aromatic carbocycles. The van der Waals surface area contributed by atoms with Gasteiger partial charge in [-0.25, -0.2) is 0 Å². The summed E-state index contributed by atoms with van der Waals surface area (Å²) in [4.78, 5) is 0. The smallest absolute Gasteiger partial charge is 0.0145 e. The van der Waals surface area contributed by atoms with Crippen LogP contribution < -0.4 is 5.32 Å². The Kier molecular flexibility index (Phi) is 3.05. The fraction of sp³-hybridized carbons (Fsp3) is 1.00. The summed E-state index contributed by atoms with van der Waals surface area (Å²) in [5, 5.41) is 3.97. The molecule has 2 heteroatoms. The summed E-state index contributed by atoms with van der Waals surface area (Å²) in [6.45, 7) is 6.86. The Morgan fingerprint density at radius 1 is 1.40 bits per heavy atom. The number of thiol groups is 1. The van der Waals surface area contributed by atoms with Gasteiger partial charge in [0.1, 0.15) is 0 Å². The second kappa shape index (κ2) is 3.63. The lowest BCUT2D eigenvalue weighted by Gasteiger charge is -2.29. The standard InChI is InChI=1S/C8H17NS/c1-6(2)7-3-8(10)5-9-4-7/h6-10H,3-5H2,1-2H3. The third-order valence-corrected chi connectivity index (χ3v) is 2.70. The van der Waals surface area contributed by atoms with Crippen LogP contribution >= 0.6 is 12.6 Å². The molecule has 1 aliphatic rings. The zero-order valence-electron chi connectivity index (χ0n) is 6.80.